The summed E-state index contributed by atoms with van der Waals surface area (Å²) in [5.74, 6) is 0.799. The first kappa shape index (κ1) is 29.8. The van der Waals surface area contributed by atoms with Crippen molar-refractivity contribution in [1.82, 2.24) is 20.2 Å². The number of amides is 1. The van der Waals surface area contributed by atoms with Gasteiger partial charge in [-0.25, -0.2) is 9.97 Å². The molecular weight excluding hydrogens is 530 g/mol. The zero-order chi connectivity index (χ0) is 28.8. The van der Waals surface area contributed by atoms with Gasteiger partial charge in [-0.1, -0.05) is 25.4 Å². The molecule has 1 aliphatic carbocycles. The average molecular weight is 570 g/mol. The summed E-state index contributed by atoms with van der Waals surface area (Å²) in [4.78, 5) is 29.3. The standard InChI is InChI=1S/C29H40ClN7O3/c1-17(2)26(32-3)25-22(31)7-6-18-16-33-29(36-27(18)25)35-23-15-21(30)20(14-24(23)40-5)28(38)34-19-8-10-37(11-9-19)12-13-39-4/h14-17,19H,6-13,31H2,1-5H3,(H,34,38)(H,33,35,36). The maximum Gasteiger partial charge on any atom is 0.253 e. The number of allylic oxidation sites excluding steroid dienone is 2. The molecule has 2 aromatic rings. The van der Waals surface area contributed by atoms with Gasteiger partial charge in [-0.15, -0.1) is 0 Å². The molecule has 40 heavy (non-hydrogen) atoms. The second-order valence-electron chi connectivity index (χ2n) is 10.5. The van der Waals surface area contributed by atoms with E-state index < -0.39 is 0 Å². The fourth-order valence-electron chi connectivity index (χ4n) is 5.26. The van der Waals surface area contributed by atoms with E-state index in [1.54, 1.807) is 33.4 Å². The number of nitrogens with zero attached hydrogens (tertiary/aromatic N) is 4. The van der Waals surface area contributed by atoms with Crippen molar-refractivity contribution in [1.29, 1.82) is 0 Å². The van der Waals surface area contributed by atoms with E-state index in [9.17, 15) is 4.79 Å². The van der Waals surface area contributed by atoms with Gasteiger partial charge >= 0.3 is 0 Å². The molecule has 0 atom stereocenters. The minimum Gasteiger partial charge on any atom is -0.495 e. The van der Waals surface area contributed by atoms with Gasteiger partial charge in [0, 0.05) is 63.0 Å². The van der Waals surface area contributed by atoms with Crippen LogP contribution in [0.4, 0.5) is 11.6 Å². The highest BCUT2D eigenvalue weighted by molar-refractivity contribution is 6.34. The van der Waals surface area contributed by atoms with Crippen molar-refractivity contribution in [2.45, 2.75) is 45.6 Å². The number of nitrogens with two attached hydrogens (primary N) is 1. The molecule has 10 nitrogen and oxygen atoms in total. The van der Waals surface area contributed by atoms with Crippen molar-refractivity contribution in [3.8, 4) is 5.75 Å². The largest absolute Gasteiger partial charge is 0.495 e. The Labute approximate surface area is 241 Å². The van der Waals surface area contributed by atoms with Gasteiger partial charge < -0.3 is 30.7 Å². The Balaban J connectivity index is 1.52. The number of rotatable bonds is 10. The van der Waals surface area contributed by atoms with Crippen LogP contribution in [-0.2, 0) is 11.2 Å². The fraction of sp³-hybridized carbons (Fsp3) is 0.517. The fourth-order valence-corrected chi connectivity index (χ4v) is 5.51. The van der Waals surface area contributed by atoms with Crippen molar-refractivity contribution < 1.29 is 14.3 Å². The lowest BCUT2D eigenvalue weighted by molar-refractivity contribution is 0.0892. The number of nitrogens with one attached hydrogen (secondary N) is 2. The number of benzene rings is 1. The van der Waals surface area contributed by atoms with Gasteiger partial charge in [0.05, 0.1) is 35.7 Å². The molecule has 4 N–H and O–H groups in total. The molecule has 0 unspecified atom stereocenters. The highest BCUT2D eigenvalue weighted by Crippen LogP contribution is 2.35. The van der Waals surface area contributed by atoms with Gasteiger partial charge in [-0.05, 0) is 49.3 Å². The molecule has 2 heterocycles. The zero-order valence-corrected chi connectivity index (χ0v) is 24.8. The molecular formula is C29H40ClN7O3. The lowest BCUT2D eigenvalue weighted by atomic mass is 9.87. The lowest BCUT2D eigenvalue weighted by Crippen LogP contribution is -2.45. The number of likely N-dealkylation sites (tertiary alicyclic amines) is 1. The van der Waals surface area contributed by atoms with E-state index in [2.05, 4.69) is 39.4 Å². The molecule has 216 valence electrons. The molecule has 0 bridgehead atoms. The second-order valence-corrected chi connectivity index (χ2v) is 10.9. The molecule has 2 aliphatic rings. The maximum atomic E-state index is 13.1. The summed E-state index contributed by atoms with van der Waals surface area (Å²) in [6, 6.07) is 3.41. The van der Waals surface area contributed by atoms with E-state index in [0.29, 0.717) is 34.6 Å². The van der Waals surface area contributed by atoms with Crippen LogP contribution in [0, 0.1) is 5.92 Å². The van der Waals surface area contributed by atoms with Crippen LogP contribution in [0.25, 0.3) is 5.57 Å². The number of piperidine rings is 1. The number of aromatic nitrogens is 2. The number of halogens is 1. The Bertz CT molecular complexity index is 1290. The quantitative estimate of drug-likeness (QED) is 0.366. The van der Waals surface area contributed by atoms with Crippen LogP contribution < -0.4 is 21.1 Å². The average Bonchev–Trinajstić information content (AvgIpc) is 2.94. The van der Waals surface area contributed by atoms with Crippen LogP contribution in [0.2, 0.25) is 5.02 Å². The smallest absolute Gasteiger partial charge is 0.253 e. The van der Waals surface area contributed by atoms with Crippen LogP contribution >= 0.6 is 11.6 Å². The van der Waals surface area contributed by atoms with E-state index in [1.165, 1.54) is 0 Å². The van der Waals surface area contributed by atoms with Gasteiger partial charge in [0.15, 0.2) is 0 Å². The predicted octanol–water partition coefficient (Wildman–Crippen LogP) is 4.07. The van der Waals surface area contributed by atoms with Crippen molar-refractivity contribution >= 4 is 40.4 Å². The highest BCUT2D eigenvalue weighted by atomic mass is 35.5. The molecule has 1 fully saturated rings. The molecule has 11 heteroatoms. The minimum absolute atomic E-state index is 0.0899. The molecule has 1 amide bonds. The van der Waals surface area contributed by atoms with Crippen LogP contribution in [-0.4, -0.2) is 80.0 Å². The first-order valence-electron chi connectivity index (χ1n) is 13.7. The molecule has 1 saturated heterocycles. The Hall–Kier alpha value is -3.21. The van der Waals surface area contributed by atoms with Crippen molar-refractivity contribution in [3.63, 3.8) is 0 Å². The summed E-state index contributed by atoms with van der Waals surface area (Å²) in [6.45, 7) is 7.63. The van der Waals surface area contributed by atoms with Crippen molar-refractivity contribution in [2.24, 2.45) is 16.6 Å². The summed E-state index contributed by atoms with van der Waals surface area (Å²) in [5.41, 5.74) is 11.7. The summed E-state index contributed by atoms with van der Waals surface area (Å²) in [7, 11) is 5.04. The number of hydrogen-bond donors (Lipinski definition) is 3. The summed E-state index contributed by atoms with van der Waals surface area (Å²) in [6.07, 6.45) is 5.08. The predicted molar refractivity (Wildman–Crippen MR) is 160 cm³/mol. The van der Waals surface area contributed by atoms with E-state index in [1.807, 2.05) is 6.20 Å². The molecule has 0 radical (unpaired) electrons. The molecule has 4 rings (SSSR count). The summed E-state index contributed by atoms with van der Waals surface area (Å²) in [5, 5.41) is 6.66. The van der Waals surface area contributed by atoms with Crippen LogP contribution in [0.15, 0.2) is 29.0 Å². The number of hydrogen-bond acceptors (Lipinski definition) is 9. The summed E-state index contributed by atoms with van der Waals surface area (Å²) < 4.78 is 10.8. The molecule has 0 spiro atoms. The maximum absolute atomic E-state index is 13.1. The number of carbonyl (C=O) groups excluding carboxylic acids is 1. The Morgan fingerprint density at radius 1 is 1.25 bits per heavy atom. The minimum atomic E-state index is -0.222. The van der Waals surface area contributed by atoms with E-state index >= 15 is 0 Å². The van der Waals surface area contributed by atoms with Gasteiger partial charge in [0.2, 0.25) is 5.95 Å². The van der Waals surface area contributed by atoms with E-state index in [0.717, 1.165) is 73.6 Å². The Morgan fingerprint density at radius 3 is 2.65 bits per heavy atom. The first-order valence-corrected chi connectivity index (χ1v) is 14.1. The Kier molecular flexibility index (Phi) is 9.99. The number of methoxy groups -OCH3 is 2. The monoisotopic (exact) mass is 569 g/mol. The third kappa shape index (κ3) is 6.74. The number of aliphatic imine (C=N–C) groups is 1. The van der Waals surface area contributed by atoms with Gasteiger partial charge in [0.25, 0.3) is 5.91 Å². The van der Waals surface area contributed by atoms with Crippen LogP contribution in [0.5, 0.6) is 5.75 Å². The SMILES string of the molecule is CN=C(C1=C(N)CCc2cnc(Nc3cc(Cl)c(C(=O)NC4CCN(CCOC)CC4)cc3OC)nc21)C(C)C. The third-order valence-electron chi connectivity index (χ3n) is 7.44. The number of ether oxygens (including phenoxy) is 2. The van der Waals surface area contributed by atoms with Crippen molar-refractivity contribution in [3.05, 3.63) is 45.9 Å². The highest BCUT2D eigenvalue weighted by Gasteiger charge is 2.26. The van der Waals surface area contributed by atoms with Crippen LogP contribution in [0.1, 0.15) is 54.7 Å². The third-order valence-corrected chi connectivity index (χ3v) is 7.76. The van der Waals surface area contributed by atoms with Gasteiger partial charge in [-0.3, -0.25) is 9.79 Å². The number of fused-ring (bicyclic) bond motifs is 1. The Morgan fingerprint density at radius 2 is 2.00 bits per heavy atom. The lowest BCUT2D eigenvalue weighted by Gasteiger charge is -2.32. The number of anilines is 2. The van der Waals surface area contributed by atoms with E-state index in [4.69, 9.17) is 31.8 Å². The molecule has 0 saturated carbocycles. The first-order chi connectivity index (χ1) is 19.2. The topological polar surface area (TPSA) is 127 Å². The van der Waals surface area contributed by atoms with Crippen molar-refractivity contribution in [2.75, 3.05) is 52.8 Å². The number of carbonyl (C=O) groups is 1. The normalized spacial score (nSPS) is 16.7. The van der Waals surface area contributed by atoms with Crippen LogP contribution in [0.3, 0.4) is 0 Å². The second kappa shape index (κ2) is 13.4. The zero-order valence-electron chi connectivity index (χ0n) is 24.0. The van der Waals surface area contributed by atoms with Gasteiger partial charge in [-0.2, -0.15) is 0 Å². The molecule has 1 aromatic carbocycles. The van der Waals surface area contributed by atoms with Gasteiger partial charge in [0.1, 0.15) is 5.75 Å². The summed E-state index contributed by atoms with van der Waals surface area (Å²) >= 11 is 6.61. The molecule has 1 aromatic heterocycles. The van der Waals surface area contributed by atoms with E-state index in [-0.39, 0.29) is 17.9 Å². The molecule has 1 aliphatic heterocycles. The number of aryl methyl sites for hydroxylation is 1.